The van der Waals surface area contributed by atoms with E-state index in [-0.39, 0.29) is 18.3 Å². The lowest BCUT2D eigenvalue weighted by molar-refractivity contribution is -0.114. The van der Waals surface area contributed by atoms with Crippen molar-refractivity contribution in [1.82, 2.24) is 9.88 Å². The van der Waals surface area contributed by atoms with Gasteiger partial charge in [-0.2, -0.15) is 0 Å². The van der Waals surface area contributed by atoms with Crippen LogP contribution in [-0.2, 0) is 4.79 Å². The maximum atomic E-state index is 13.2. The number of hydrogen-bond donors (Lipinski definition) is 0. The number of nitrogens with zero attached hydrogens (tertiary/aromatic N) is 3. The van der Waals surface area contributed by atoms with E-state index in [1.54, 1.807) is 25.2 Å². The molecule has 2 aromatic carbocycles. The van der Waals surface area contributed by atoms with Crippen molar-refractivity contribution in [2.75, 3.05) is 45.3 Å². The Bertz CT molecular complexity index is 995. The molecule has 0 radical (unpaired) electrons. The molecule has 0 bridgehead atoms. The molecule has 0 spiro atoms. The highest BCUT2D eigenvalue weighted by molar-refractivity contribution is 7.22. The van der Waals surface area contributed by atoms with Gasteiger partial charge in [0.2, 0.25) is 0 Å². The minimum Gasteiger partial charge on any atom is -0.495 e. The van der Waals surface area contributed by atoms with Crippen molar-refractivity contribution in [3.8, 4) is 11.5 Å². The number of hydrogen-bond acceptors (Lipinski definition) is 6. The quantitative estimate of drug-likeness (QED) is 0.381. The van der Waals surface area contributed by atoms with Crippen LogP contribution in [-0.4, -0.2) is 56.2 Å². The smallest absolute Gasteiger partial charge is 0.252 e. The van der Waals surface area contributed by atoms with Gasteiger partial charge in [0, 0.05) is 19.2 Å². The van der Waals surface area contributed by atoms with Gasteiger partial charge in [-0.15, -0.1) is 12.4 Å². The van der Waals surface area contributed by atoms with Crippen LogP contribution in [0.1, 0.15) is 19.4 Å². The second kappa shape index (κ2) is 12.4. The number of halogens is 1. The van der Waals surface area contributed by atoms with Crippen LogP contribution in [0, 0.1) is 0 Å². The highest BCUT2D eigenvalue weighted by Gasteiger charge is 2.21. The topological polar surface area (TPSA) is 54.9 Å². The first-order chi connectivity index (χ1) is 15.1. The molecule has 1 amide bonds. The minimum atomic E-state index is -0.104. The number of ether oxygens (including phenoxy) is 2. The zero-order chi connectivity index (χ0) is 22.2. The van der Waals surface area contributed by atoms with Crippen molar-refractivity contribution in [3.05, 3.63) is 54.1 Å². The molecule has 1 aromatic heterocycles. The molecule has 0 aliphatic rings. The van der Waals surface area contributed by atoms with E-state index < -0.39 is 0 Å². The molecule has 0 atom stereocenters. The number of likely N-dealkylation sites (N-methyl/N-ethyl adjacent to an activating group) is 1. The van der Waals surface area contributed by atoms with E-state index in [1.807, 2.05) is 48.5 Å². The van der Waals surface area contributed by atoms with E-state index in [0.29, 0.717) is 22.9 Å². The predicted octanol–water partition coefficient (Wildman–Crippen LogP) is 5.12. The first kappa shape index (κ1) is 25.6. The van der Waals surface area contributed by atoms with Crippen molar-refractivity contribution >= 4 is 51.1 Å². The lowest BCUT2D eigenvalue weighted by Crippen LogP contribution is -2.38. The van der Waals surface area contributed by atoms with Gasteiger partial charge in [-0.25, -0.2) is 4.98 Å². The summed E-state index contributed by atoms with van der Waals surface area (Å²) in [6.45, 7) is 7.42. The fourth-order valence-electron chi connectivity index (χ4n) is 3.29. The summed E-state index contributed by atoms with van der Waals surface area (Å²) in [6.07, 6.45) is 3.44. The number of methoxy groups -OCH3 is 2. The second-order valence-corrected chi connectivity index (χ2v) is 7.88. The van der Waals surface area contributed by atoms with Gasteiger partial charge in [-0.05, 0) is 36.9 Å². The summed E-state index contributed by atoms with van der Waals surface area (Å²) in [7, 11) is 3.25. The highest BCUT2D eigenvalue weighted by Crippen LogP contribution is 2.40. The summed E-state index contributed by atoms with van der Waals surface area (Å²) in [6, 6.07) is 13.5. The summed E-state index contributed by atoms with van der Waals surface area (Å²) >= 11 is 1.44. The summed E-state index contributed by atoms with van der Waals surface area (Å²) in [4.78, 5) is 22.0. The van der Waals surface area contributed by atoms with Gasteiger partial charge >= 0.3 is 0 Å². The molecule has 32 heavy (non-hydrogen) atoms. The number of benzene rings is 2. The van der Waals surface area contributed by atoms with Crippen LogP contribution in [0.25, 0.3) is 16.3 Å². The SMILES string of the molecule is CCN(CC)CCN(C(=O)C=Cc1ccccc1)c1nc2c(OC)ccc(OC)c2s1.Cl. The van der Waals surface area contributed by atoms with E-state index in [1.165, 1.54) is 11.3 Å². The molecular weight excluding hydrogens is 446 g/mol. The van der Waals surface area contributed by atoms with Gasteiger partial charge in [0.15, 0.2) is 5.13 Å². The molecule has 172 valence electrons. The third-order valence-electron chi connectivity index (χ3n) is 5.15. The number of carbonyl (C=O) groups excluding carboxylic acids is 1. The molecule has 0 N–H and O–H groups in total. The summed E-state index contributed by atoms with van der Waals surface area (Å²) < 4.78 is 11.9. The fourth-order valence-corrected chi connectivity index (χ4v) is 4.40. The van der Waals surface area contributed by atoms with Gasteiger partial charge < -0.3 is 14.4 Å². The van der Waals surface area contributed by atoms with Crippen molar-refractivity contribution in [1.29, 1.82) is 0 Å². The molecule has 8 heteroatoms. The second-order valence-electron chi connectivity index (χ2n) is 6.91. The molecule has 0 unspecified atom stereocenters. The number of rotatable bonds is 10. The zero-order valence-electron chi connectivity index (χ0n) is 18.9. The van der Waals surface area contributed by atoms with Crippen molar-refractivity contribution < 1.29 is 14.3 Å². The van der Waals surface area contributed by atoms with Gasteiger partial charge in [0.25, 0.3) is 5.91 Å². The van der Waals surface area contributed by atoms with E-state index in [0.717, 1.165) is 35.6 Å². The molecule has 0 saturated heterocycles. The molecule has 3 rings (SSSR count). The molecule has 3 aromatic rings. The number of thiazole rings is 1. The predicted molar refractivity (Wildman–Crippen MR) is 136 cm³/mol. The Balaban J connectivity index is 0.00000363. The van der Waals surface area contributed by atoms with E-state index in [4.69, 9.17) is 14.5 Å². The van der Waals surface area contributed by atoms with Crippen molar-refractivity contribution in [3.63, 3.8) is 0 Å². The average Bonchev–Trinajstić information content (AvgIpc) is 3.25. The van der Waals surface area contributed by atoms with Crippen molar-refractivity contribution in [2.24, 2.45) is 0 Å². The van der Waals surface area contributed by atoms with Crippen LogP contribution in [0.15, 0.2) is 48.5 Å². The van der Waals surface area contributed by atoms with E-state index in [2.05, 4.69) is 18.7 Å². The third kappa shape index (κ3) is 6.00. The molecule has 0 fully saturated rings. The Morgan fingerprint density at radius 1 is 1.00 bits per heavy atom. The Labute approximate surface area is 199 Å². The Kier molecular flexibility index (Phi) is 9.97. The number of fused-ring (bicyclic) bond motifs is 1. The molecule has 1 heterocycles. The van der Waals surface area contributed by atoms with Crippen LogP contribution in [0.3, 0.4) is 0 Å². The van der Waals surface area contributed by atoms with Gasteiger partial charge in [-0.3, -0.25) is 9.69 Å². The Morgan fingerprint density at radius 2 is 1.66 bits per heavy atom. The number of amides is 1. The first-order valence-electron chi connectivity index (χ1n) is 10.4. The lowest BCUT2D eigenvalue weighted by atomic mass is 10.2. The van der Waals surface area contributed by atoms with Gasteiger partial charge in [0.1, 0.15) is 21.7 Å². The maximum Gasteiger partial charge on any atom is 0.252 e. The monoisotopic (exact) mass is 475 g/mol. The van der Waals surface area contributed by atoms with Gasteiger partial charge in [0.05, 0.1) is 14.2 Å². The van der Waals surface area contributed by atoms with E-state index in [9.17, 15) is 4.79 Å². The van der Waals surface area contributed by atoms with Crippen LogP contribution in [0.5, 0.6) is 11.5 Å². The largest absolute Gasteiger partial charge is 0.495 e. The standard InChI is InChI=1S/C24H29N3O3S.ClH/c1-5-26(6-2)16-17-27(21(28)15-12-18-10-8-7-9-11-18)24-25-22-19(29-3)13-14-20(30-4)23(22)31-24;/h7-15H,5-6,16-17H2,1-4H3;1H. The molecular formula is C24H30ClN3O3S. The van der Waals surface area contributed by atoms with Crippen LogP contribution >= 0.6 is 23.7 Å². The maximum absolute atomic E-state index is 13.2. The lowest BCUT2D eigenvalue weighted by Gasteiger charge is -2.23. The molecule has 6 nitrogen and oxygen atoms in total. The van der Waals surface area contributed by atoms with Crippen LogP contribution < -0.4 is 14.4 Å². The molecule has 0 aliphatic heterocycles. The molecule has 0 aliphatic carbocycles. The summed E-state index contributed by atoms with van der Waals surface area (Å²) in [5.41, 5.74) is 1.68. The minimum absolute atomic E-state index is 0. The normalized spacial score (nSPS) is 11.0. The summed E-state index contributed by atoms with van der Waals surface area (Å²) in [5, 5.41) is 0.632. The van der Waals surface area contributed by atoms with Crippen molar-refractivity contribution in [2.45, 2.75) is 13.8 Å². The summed E-state index contributed by atoms with van der Waals surface area (Å²) in [5.74, 6) is 1.28. The third-order valence-corrected chi connectivity index (χ3v) is 6.24. The fraction of sp³-hybridized carbons (Fsp3) is 0.333. The zero-order valence-corrected chi connectivity index (χ0v) is 20.5. The van der Waals surface area contributed by atoms with E-state index >= 15 is 0 Å². The Morgan fingerprint density at radius 3 is 2.28 bits per heavy atom. The number of carbonyl (C=O) groups is 1. The van der Waals surface area contributed by atoms with Crippen LogP contribution in [0.4, 0.5) is 5.13 Å². The number of anilines is 1. The average molecular weight is 476 g/mol. The first-order valence-corrected chi connectivity index (χ1v) is 11.2. The Hall–Kier alpha value is -2.61. The number of aromatic nitrogens is 1. The molecule has 0 saturated carbocycles. The van der Waals surface area contributed by atoms with Gasteiger partial charge in [-0.1, -0.05) is 55.5 Å². The highest BCUT2D eigenvalue weighted by atomic mass is 35.5. The van der Waals surface area contributed by atoms with Crippen LogP contribution in [0.2, 0.25) is 0 Å².